The smallest absolute Gasteiger partial charge is 0.0456 e. The molecule has 0 radical (unpaired) electrons. The molecule has 0 aliphatic carbocycles. The third kappa shape index (κ3) is 3.53. The van der Waals surface area contributed by atoms with Gasteiger partial charge in [-0.15, -0.1) is 0 Å². The summed E-state index contributed by atoms with van der Waals surface area (Å²) >= 11 is 0. The molecule has 1 aliphatic rings. The van der Waals surface area contributed by atoms with Crippen molar-refractivity contribution in [1.29, 1.82) is 0 Å². The van der Waals surface area contributed by atoms with E-state index in [1.807, 2.05) is 24.4 Å². The van der Waals surface area contributed by atoms with Crippen LogP contribution in [-0.4, -0.2) is 18.1 Å². The number of aromatic nitrogens is 1. The largest absolute Gasteiger partial charge is 0.361 e. The Labute approximate surface area is 126 Å². The van der Waals surface area contributed by atoms with Crippen LogP contribution in [0.2, 0.25) is 0 Å². The van der Waals surface area contributed by atoms with Gasteiger partial charge in [0.1, 0.15) is 0 Å². The van der Waals surface area contributed by atoms with Crippen LogP contribution in [0.1, 0.15) is 23.5 Å². The van der Waals surface area contributed by atoms with Crippen molar-refractivity contribution < 1.29 is 0 Å². The fourth-order valence-corrected chi connectivity index (χ4v) is 2.79. The molecule has 2 N–H and O–H groups in total. The van der Waals surface area contributed by atoms with E-state index < -0.39 is 0 Å². The Kier molecular flexibility index (Phi) is 4.37. The predicted octanol–water partition coefficient (Wildman–Crippen LogP) is 4.24. The lowest BCUT2D eigenvalue weighted by molar-refractivity contribution is 0.764. The van der Waals surface area contributed by atoms with Crippen LogP contribution in [-0.2, 0) is 0 Å². The number of benzene rings is 2. The maximum atomic E-state index is 3.40. The Hall–Kier alpha value is -2.06. The molecule has 1 unspecified atom stereocenters. The Morgan fingerprint density at radius 2 is 1.86 bits per heavy atom. The van der Waals surface area contributed by atoms with Gasteiger partial charge in [0, 0.05) is 18.3 Å². The summed E-state index contributed by atoms with van der Waals surface area (Å²) < 4.78 is 0. The highest BCUT2D eigenvalue weighted by molar-refractivity contribution is 5.80. The zero-order valence-electron chi connectivity index (χ0n) is 12.5. The first-order valence-electron chi connectivity index (χ1n) is 7.62. The molecule has 1 fully saturated rings. The van der Waals surface area contributed by atoms with Gasteiger partial charge < -0.3 is 10.3 Å². The van der Waals surface area contributed by atoms with Gasteiger partial charge >= 0.3 is 0 Å². The molecule has 0 spiro atoms. The van der Waals surface area contributed by atoms with Gasteiger partial charge in [0.15, 0.2) is 0 Å². The SMILES string of the molecule is Cc1ccccc1.c1cc2ccc(C3CCNC3)cc2[nH]1. The Morgan fingerprint density at radius 1 is 1.00 bits per heavy atom. The van der Waals surface area contributed by atoms with Crippen LogP contribution in [0.4, 0.5) is 0 Å². The normalized spacial score (nSPS) is 17.5. The fourth-order valence-electron chi connectivity index (χ4n) is 2.79. The number of H-pyrrole nitrogens is 1. The van der Waals surface area contributed by atoms with E-state index in [1.165, 1.54) is 28.5 Å². The molecule has 0 bridgehead atoms. The fraction of sp³-hybridized carbons (Fsp3) is 0.263. The van der Waals surface area contributed by atoms with Crippen LogP contribution in [0.15, 0.2) is 60.8 Å². The first kappa shape index (κ1) is 13.9. The van der Waals surface area contributed by atoms with Crippen LogP contribution in [0, 0.1) is 6.92 Å². The van der Waals surface area contributed by atoms with Crippen molar-refractivity contribution in [3.05, 3.63) is 71.9 Å². The van der Waals surface area contributed by atoms with Gasteiger partial charge in [0.05, 0.1) is 0 Å². The van der Waals surface area contributed by atoms with E-state index in [0.717, 1.165) is 13.1 Å². The number of rotatable bonds is 1. The minimum Gasteiger partial charge on any atom is -0.361 e. The van der Waals surface area contributed by atoms with E-state index in [9.17, 15) is 0 Å². The maximum Gasteiger partial charge on any atom is 0.0456 e. The van der Waals surface area contributed by atoms with Crippen molar-refractivity contribution in [2.75, 3.05) is 13.1 Å². The second kappa shape index (κ2) is 6.59. The minimum absolute atomic E-state index is 0.711. The molecular formula is C19H22N2. The van der Waals surface area contributed by atoms with Gasteiger partial charge in [-0.3, -0.25) is 0 Å². The molecule has 1 saturated heterocycles. The van der Waals surface area contributed by atoms with Gasteiger partial charge in [-0.1, -0.05) is 48.0 Å². The molecule has 1 aliphatic heterocycles. The number of aromatic amines is 1. The first-order valence-corrected chi connectivity index (χ1v) is 7.62. The van der Waals surface area contributed by atoms with Crippen LogP contribution in [0.3, 0.4) is 0 Å². The summed E-state index contributed by atoms with van der Waals surface area (Å²) in [6.45, 7) is 4.37. The summed E-state index contributed by atoms with van der Waals surface area (Å²) in [5.74, 6) is 0.711. The van der Waals surface area contributed by atoms with Gasteiger partial charge in [-0.25, -0.2) is 0 Å². The van der Waals surface area contributed by atoms with Crippen LogP contribution in [0.5, 0.6) is 0 Å². The van der Waals surface area contributed by atoms with E-state index in [-0.39, 0.29) is 0 Å². The molecule has 2 heterocycles. The quantitative estimate of drug-likeness (QED) is 0.684. The molecular weight excluding hydrogens is 256 g/mol. The van der Waals surface area contributed by atoms with Crippen LogP contribution < -0.4 is 5.32 Å². The summed E-state index contributed by atoms with van der Waals surface area (Å²) in [5.41, 5.74) is 4.04. The molecule has 4 rings (SSSR count). The molecule has 0 amide bonds. The van der Waals surface area contributed by atoms with Crippen molar-refractivity contribution in [2.24, 2.45) is 0 Å². The highest BCUT2D eigenvalue weighted by Gasteiger charge is 2.16. The minimum atomic E-state index is 0.711. The molecule has 108 valence electrons. The third-order valence-electron chi connectivity index (χ3n) is 4.05. The lowest BCUT2D eigenvalue weighted by atomic mass is 9.98. The Balaban J connectivity index is 0.000000160. The molecule has 3 aromatic rings. The van der Waals surface area contributed by atoms with Crippen LogP contribution >= 0.6 is 0 Å². The zero-order chi connectivity index (χ0) is 14.5. The number of aryl methyl sites for hydroxylation is 1. The molecule has 1 aromatic heterocycles. The average molecular weight is 278 g/mol. The molecule has 1 atom stereocenters. The third-order valence-corrected chi connectivity index (χ3v) is 4.05. The lowest BCUT2D eigenvalue weighted by Gasteiger charge is -2.08. The molecule has 2 heteroatoms. The molecule has 2 aromatic carbocycles. The average Bonchev–Trinajstić information content (AvgIpc) is 3.19. The van der Waals surface area contributed by atoms with Gasteiger partial charge in [-0.05, 0) is 48.9 Å². The van der Waals surface area contributed by atoms with E-state index in [1.54, 1.807) is 0 Å². The number of hydrogen-bond acceptors (Lipinski definition) is 1. The molecule has 21 heavy (non-hydrogen) atoms. The summed E-state index contributed by atoms with van der Waals surface area (Å²) in [7, 11) is 0. The van der Waals surface area contributed by atoms with Gasteiger partial charge in [0.2, 0.25) is 0 Å². The zero-order valence-corrected chi connectivity index (χ0v) is 12.5. The van der Waals surface area contributed by atoms with Gasteiger partial charge in [0.25, 0.3) is 0 Å². The monoisotopic (exact) mass is 278 g/mol. The summed E-state index contributed by atoms with van der Waals surface area (Å²) in [4.78, 5) is 3.26. The second-order valence-corrected chi connectivity index (χ2v) is 5.67. The first-order chi connectivity index (χ1) is 10.3. The Morgan fingerprint density at radius 3 is 2.52 bits per heavy atom. The van der Waals surface area contributed by atoms with E-state index in [0.29, 0.717) is 5.92 Å². The van der Waals surface area contributed by atoms with E-state index in [4.69, 9.17) is 0 Å². The topological polar surface area (TPSA) is 27.8 Å². The van der Waals surface area contributed by atoms with Crippen molar-refractivity contribution in [1.82, 2.24) is 10.3 Å². The van der Waals surface area contributed by atoms with Crippen molar-refractivity contribution in [3.8, 4) is 0 Å². The van der Waals surface area contributed by atoms with Crippen molar-refractivity contribution >= 4 is 10.9 Å². The van der Waals surface area contributed by atoms with Crippen molar-refractivity contribution in [2.45, 2.75) is 19.3 Å². The van der Waals surface area contributed by atoms with Crippen LogP contribution in [0.25, 0.3) is 10.9 Å². The standard InChI is InChI=1S/C12H14N2.C7H8/c1-2-10(11-3-5-13-8-11)7-12-9(1)4-6-14-12;1-7-5-3-2-4-6-7/h1-2,4,6-7,11,13-14H,3,5,8H2;2-6H,1H3. The van der Waals surface area contributed by atoms with Gasteiger partial charge in [-0.2, -0.15) is 0 Å². The number of nitrogens with one attached hydrogen (secondary N) is 2. The molecule has 0 saturated carbocycles. The summed E-state index contributed by atoms with van der Waals surface area (Å²) in [6.07, 6.45) is 3.27. The lowest BCUT2D eigenvalue weighted by Crippen LogP contribution is -2.07. The highest BCUT2D eigenvalue weighted by atomic mass is 14.9. The maximum absolute atomic E-state index is 3.40. The summed E-state index contributed by atoms with van der Waals surface area (Å²) in [5, 5.41) is 4.71. The number of hydrogen-bond donors (Lipinski definition) is 2. The summed E-state index contributed by atoms with van der Waals surface area (Å²) in [6, 6.07) is 19.1. The van der Waals surface area contributed by atoms with E-state index >= 15 is 0 Å². The predicted molar refractivity (Wildman–Crippen MR) is 89.7 cm³/mol. The molecule has 2 nitrogen and oxygen atoms in total. The van der Waals surface area contributed by atoms with Crippen molar-refractivity contribution in [3.63, 3.8) is 0 Å². The highest BCUT2D eigenvalue weighted by Crippen LogP contribution is 2.25. The Bertz CT molecular complexity index is 679. The number of fused-ring (bicyclic) bond motifs is 1. The van der Waals surface area contributed by atoms with E-state index in [2.05, 4.69) is 53.6 Å². The second-order valence-electron chi connectivity index (χ2n) is 5.67.